The van der Waals surface area contributed by atoms with Gasteiger partial charge < -0.3 is 11.1 Å². The van der Waals surface area contributed by atoms with E-state index in [1.165, 1.54) is 6.33 Å². The molecule has 0 aromatic carbocycles. The summed E-state index contributed by atoms with van der Waals surface area (Å²) in [6.07, 6.45) is 2.89. The summed E-state index contributed by atoms with van der Waals surface area (Å²) in [5, 5.41) is 2.54. The van der Waals surface area contributed by atoms with Gasteiger partial charge in [-0.05, 0) is 4.83 Å². The molecule has 1 amide bonds. The molecule has 3 N–H and O–H groups in total. The molecule has 0 fully saturated rings. The van der Waals surface area contributed by atoms with Crippen molar-refractivity contribution in [2.75, 3.05) is 5.73 Å². The van der Waals surface area contributed by atoms with Crippen LogP contribution >= 0.6 is 15.9 Å². The Morgan fingerprint density at radius 3 is 3.14 bits per heavy atom. The average molecular weight is 255 g/mol. The first-order chi connectivity index (χ1) is 6.74. The number of amides is 1. The fraction of sp³-hybridized carbons (Fsp3) is 0.125. The van der Waals surface area contributed by atoms with Gasteiger partial charge in [0.2, 0.25) is 0 Å². The summed E-state index contributed by atoms with van der Waals surface area (Å²) in [6, 6.07) is 0. The molecule has 1 heterocycles. The highest BCUT2D eigenvalue weighted by molar-refractivity contribution is 9.12. The highest BCUT2D eigenvalue weighted by Crippen LogP contribution is 2.03. The van der Waals surface area contributed by atoms with Crippen molar-refractivity contribution >= 4 is 27.7 Å². The topological polar surface area (TPSA) is 80.9 Å². The summed E-state index contributed by atoms with van der Waals surface area (Å²) in [5.41, 5.74) is 6.20. The van der Waals surface area contributed by atoms with Crippen molar-refractivity contribution < 1.29 is 4.79 Å². The molecule has 0 saturated heterocycles. The maximum atomic E-state index is 10.9. The first-order valence-corrected chi connectivity index (χ1v) is 4.47. The van der Waals surface area contributed by atoms with Crippen molar-refractivity contribution in [3.63, 3.8) is 0 Å². The molecule has 5 nitrogen and oxygen atoms in total. The number of nitrogens with two attached hydrogens (primary N) is 1. The van der Waals surface area contributed by atoms with Gasteiger partial charge in [0.05, 0.1) is 0 Å². The lowest BCUT2D eigenvalue weighted by atomic mass is 10.3. The van der Waals surface area contributed by atoms with Crippen LogP contribution in [0.3, 0.4) is 0 Å². The quantitative estimate of drug-likeness (QED) is 0.730. The number of nitrogens with zero attached hydrogens (tertiary/aromatic N) is 2. The van der Waals surface area contributed by atoms with Gasteiger partial charge in [-0.2, -0.15) is 0 Å². The molecule has 1 aromatic heterocycles. The van der Waals surface area contributed by atoms with Crippen LogP contribution in [0.4, 0.5) is 5.82 Å². The van der Waals surface area contributed by atoms with Crippen LogP contribution < -0.4 is 11.1 Å². The Kier molecular flexibility index (Phi) is 3.88. The number of nitrogen functional groups attached to an aromatic ring is 1. The van der Waals surface area contributed by atoms with Crippen molar-refractivity contribution in [2.45, 2.75) is 6.54 Å². The van der Waals surface area contributed by atoms with Crippen LogP contribution in [0.2, 0.25) is 0 Å². The number of aromatic nitrogens is 2. The number of hydrogen-bond acceptors (Lipinski definition) is 4. The summed E-state index contributed by atoms with van der Waals surface area (Å²) in [6.45, 7) is 0.271. The lowest BCUT2D eigenvalue weighted by Crippen LogP contribution is -2.21. The van der Waals surface area contributed by atoms with Crippen molar-refractivity contribution in [3.8, 4) is 10.8 Å². The van der Waals surface area contributed by atoms with Gasteiger partial charge in [-0.1, -0.05) is 0 Å². The van der Waals surface area contributed by atoms with E-state index in [-0.39, 0.29) is 12.5 Å². The summed E-state index contributed by atoms with van der Waals surface area (Å²) in [7, 11) is 0. The monoisotopic (exact) mass is 254 g/mol. The van der Waals surface area contributed by atoms with Crippen LogP contribution in [0.15, 0.2) is 12.5 Å². The van der Waals surface area contributed by atoms with E-state index in [0.29, 0.717) is 11.4 Å². The normalized spacial score (nSPS) is 8.64. The number of hydrogen-bond donors (Lipinski definition) is 2. The molecule has 1 aromatic rings. The Bertz CT molecular complexity index is 396. The molecule has 6 heteroatoms. The Balaban J connectivity index is 2.57. The molecular formula is C8H7BrN4O. The minimum atomic E-state index is -0.384. The van der Waals surface area contributed by atoms with Crippen LogP contribution in [-0.4, -0.2) is 15.9 Å². The number of anilines is 1. The van der Waals surface area contributed by atoms with E-state index in [4.69, 9.17) is 5.73 Å². The van der Waals surface area contributed by atoms with Crippen LogP contribution in [-0.2, 0) is 11.3 Å². The lowest BCUT2D eigenvalue weighted by Gasteiger charge is -2.02. The van der Waals surface area contributed by atoms with Gasteiger partial charge in [0.25, 0.3) is 5.91 Å². The van der Waals surface area contributed by atoms with Gasteiger partial charge in [0.1, 0.15) is 12.1 Å². The highest BCUT2D eigenvalue weighted by atomic mass is 79.9. The van der Waals surface area contributed by atoms with E-state index in [0.717, 1.165) is 0 Å². The van der Waals surface area contributed by atoms with Crippen molar-refractivity contribution in [2.24, 2.45) is 0 Å². The molecule has 0 aliphatic heterocycles. The summed E-state index contributed by atoms with van der Waals surface area (Å²) >= 11 is 2.82. The molecule has 0 atom stereocenters. The van der Waals surface area contributed by atoms with E-state index in [1.54, 1.807) is 6.20 Å². The average Bonchev–Trinajstić information content (AvgIpc) is 2.17. The fourth-order valence-electron chi connectivity index (χ4n) is 0.767. The zero-order valence-electron chi connectivity index (χ0n) is 7.12. The fourth-order valence-corrected chi connectivity index (χ4v) is 0.947. The zero-order chi connectivity index (χ0) is 10.4. The van der Waals surface area contributed by atoms with Gasteiger partial charge >= 0.3 is 0 Å². The number of rotatable bonds is 2. The van der Waals surface area contributed by atoms with Crippen LogP contribution in [0, 0.1) is 10.8 Å². The largest absolute Gasteiger partial charge is 0.383 e. The molecule has 0 bridgehead atoms. The van der Waals surface area contributed by atoms with Gasteiger partial charge in [-0.3, -0.25) is 4.79 Å². The van der Waals surface area contributed by atoms with E-state index in [1.807, 2.05) is 0 Å². The Morgan fingerprint density at radius 1 is 1.71 bits per heavy atom. The second kappa shape index (κ2) is 5.19. The van der Waals surface area contributed by atoms with Crippen LogP contribution in [0.25, 0.3) is 0 Å². The Morgan fingerprint density at radius 2 is 2.50 bits per heavy atom. The van der Waals surface area contributed by atoms with E-state index < -0.39 is 0 Å². The van der Waals surface area contributed by atoms with E-state index in [9.17, 15) is 4.79 Å². The van der Waals surface area contributed by atoms with Crippen molar-refractivity contribution in [1.82, 2.24) is 15.3 Å². The number of halogens is 1. The third kappa shape index (κ3) is 3.03. The van der Waals surface area contributed by atoms with Crippen molar-refractivity contribution in [3.05, 3.63) is 18.1 Å². The molecular weight excluding hydrogens is 248 g/mol. The van der Waals surface area contributed by atoms with Crippen LogP contribution in [0.1, 0.15) is 5.56 Å². The van der Waals surface area contributed by atoms with Gasteiger partial charge in [0.15, 0.2) is 0 Å². The molecule has 14 heavy (non-hydrogen) atoms. The lowest BCUT2D eigenvalue weighted by molar-refractivity contribution is -0.115. The van der Waals surface area contributed by atoms with E-state index >= 15 is 0 Å². The van der Waals surface area contributed by atoms with E-state index in [2.05, 4.69) is 42.0 Å². The SMILES string of the molecule is Nc1ncncc1CNC(=O)C#CBr. The molecule has 0 radical (unpaired) electrons. The second-order valence-corrected chi connectivity index (χ2v) is 2.73. The van der Waals surface area contributed by atoms with Gasteiger partial charge in [-0.25, -0.2) is 9.97 Å². The third-order valence-electron chi connectivity index (χ3n) is 1.42. The van der Waals surface area contributed by atoms with Crippen LogP contribution in [0.5, 0.6) is 0 Å². The predicted octanol–water partition coefficient (Wildman–Crippen LogP) is 0.0308. The summed E-state index contributed by atoms with van der Waals surface area (Å²) in [4.78, 5) is 20.8. The maximum absolute atomic E-state index is 10.9. The first-order valence-electron chi connectivity index (χ1n) is 3.68. The smallest absolute Gasteiger partial charge is 0.297 e. The summed E-state index contributed by atoms with van der Waals surface area (Å²) in [5.74, 6) is 2.24. The minimum absolute atomic E-state index is 0.271. The Hall–Kier alpha value is -1.61. The molecule has 72 valence electrons. The Labute approximate surface area is 89.2 Å². The first kappa shape index (κ1) is 10.5. The molecule has 0 unspecified atom stereocenters. The third-order valence-corrected chi connectivity index (χ3v) is 1.62. The van der Waals surface area contributed by atoms with Gasteiger partial charge in [0, 0.05) is 40.2 Å². The predicted molar refractivity (Wildman–Crippen MR) is 55.0 cm³/mol. The molecule has 1 rings (SSSR count). The zero-order valence-corrected chi connectivity index (χ0v) is 8.71. The van der Waals surface area contributed by atoms with Gasteiger partial charge in [-0.15, -0.1) is 0 Å². The number of carbonyl (C=O) groups excluding carboxylic acids is 1. The second-order valence-electron chi connectivity index (χ2n) is 2.34. The number of nitrogens with one attached hydrogen (secondary N) is 1. The molecule has 0 aliphatic rings. The minimum Gasteiger partial charge on any atom is -0.383 e. The highest BCUT2D eigenvalue weighted by Gasteiger charge is 2.01. The number of carbonyl (C=O) groups is 1. The molecule has 0 aliphatic carbocycles. The standard InChI is InChI=1S/C8H7BrN4O/c9-2-1-7(14)12-4-6-3-11-5-13-8(6)10/h3,5H,4H2,(H,12,14)(H2,10,11,13). The molecule has 0 spiro atoms. The maximum Gasteiger partial charge on any atom is 0.297 e. The molecule has 0 saturated carbocycles. The summed E-state index contributed by atoms with van der Waals surface area (Å²) < 4.78 is 0. The van der Waals surface area contributed by atoms with Crippen molar-refractivity contribution in [1.29, 1.82) is 0 Å².